The van der Waals surface area contributed by atoms with Crippen molar-refractivity contribution in [2.75, 3.05) is 6.61 Å². The van der Waals surface area contributed by atoms with Gasteiger partial charge >= 0.3 is 11.9 Å². The molecule has 1 fully saturated rings. The van der Waals surface area contributed by atoms with Crippen molar-refractivity contribution >= 4 is 11.9 Å². The maximum Gasteiger partial charge on any atom is 0.333 e. The van der Waals surface area contributed by atoms with Crippen molar-refractivity contribution in [2.24, 2.45) is 5.92 Å². The highest BCUT2D eigenvalue weighted by Gasteiger charge is 2.44. The molecule has 1 aliphatic rings. The molecule has 0 N–H and O–H groups in total. The van der Waals surface area contributed by atoms with Crippen LogP contribution < -0.4 is 0 Å². The van der Waals surface area contributed by atoms with Crippen molar-refractivity contribution in [1.82, 2.24) is 0 Å². The van der Waals surface area contributed by atoms with E-state index in [4.69, 9.17) is 4.74 Å². The number of rotatable bonds is 6. The first-order valence-electron chi connectivity index (χ1n) is 6.63. The topological polar surface area (TPSA) is 52.6 Å². The highest BCUT2D eigenvalue weighted by molar-refractivity contribution is 5.87. The van der Waals surface area contributed by atoms with E-state index in [-0.39, 0.29) is 0 Å². The lowest BCUT2D eigenvalue weighted by atomic mass is 9.96. The van der Waals surface area contributed by atoms with Gasteiger partial charge in [-0.25, -0.2) is 13.6 Å². The summed E-state index contributed by atoms with van der Waals surface area (Å²) in [5, 5.41) is 0. The SMILES string of the molecule is C=C(C)C(=O)OC1(CC)CCC(C(=O)OCC(F)F)C1. The summed E-state index contributed by atoms with van der Waals surface area (Å²) in [6, 6.07) is 0. The average Bonchev–Trinajstić information content (AvgIpc) is 2.80. The number of hydrogen-bond acceptors (Lipinski definition) is 4. The van der Waals surface area contributed by atoms with Gasteiger partial charge in [0.2, 0.25) is 0 Å². The van der Waals surface area contributed by atoms with E-state index in [1.807, 2.05) is 6.92 Å². The Bertz CT molecular complexity index is 395. The minimum atomic E-state index is -2.67. The van der Waals surface area contributed by atoms with Crippen LogP contribution >= 0.6 is 0 Å². The molecule has 114 valence electrons. The Kier molecular flexibility index (Phi) is 5.65. The molecule has 0 aliphatic heterocycles. The molecule has 2 atom stereocenters. The van der Waals surface area contributed by atoms with Gasteiger partial charge in [-0.3, -0.25) is 4.79 Å². The molecule has 2 unspecified atom stereocenters. The predicted octanol–water partition coefficient (Wildman–Crippen LogP) is 2.86. The fourth-order valence-corrected chi connectivity index (χ4v) is 2.32. The zero-order valence-electron chi connectivity index (χ0n) is 11.8. The zero-order chi connectivity index (χ0) is 15.3. The van der Waals surface area contributed by atoms with Crippen LogP contribution in [0.5, 0.6) is 0 Å². The summed E-state index contributed by atoms with van der Waals surface area (Å²) in [7, 11) is 0. The quantitative estimate of drug-likeness (QED) is 0.557. The van der Waals surface area contributed by atoms with Crippen molar-refractivity contribution < 1.29 is 27.8 Å². The molecule has 0 radical (unpaired) electrons. The molecule has 1 rings (SSSR count). The van der Waals surface area contributed by atoms with Crippen molar-refractivity contribution in [3.05, 3.63) is 12.2 Å². The van der Waals surface area contributed by atoms with E-state index in [0.29, 0.717) is 31.3 Å². The van der Waals surface area contributed by atoms with E-state index in [1.54, 1.807) is 6.92 Å². The third-order valence-corrected chi connectivity index (χ3v) is 3.55. The monoisotopic (exact) mass is 290 g/mol. The molecular formula is C14H20F2O4. The number of alkyl halides is 2. The second kappa shape index (κ2) is 6.81. The molecular weight excluding hydrogens is 270 g/mol. The van der Waals surface area contributed by atoms with Gasteiger partial charge in [0.25, 0.3) is 6.43 Å². The van der Waals surface area contributed by atoms with Crippen LogP contribution in [0, 0.1) is 5.92 Å². The lowest BCUT2D eigenvalue weighted by molar-refractivity contribution is -0.159. The second-order valence-corrected chi connectivity index (χ2v) is 5.17. The van der Waals surface area contributed by atoms with Gasteiger partial charge in [0.1, 0.15) is 5.60 Å². The molecule has 0 spiro atoms. The molecule has 1 saturated carbocycles. The predicted molar refractivity (Wildman–Crippen MR) is 68.2 cm³/mol. The zero-order valence-corrected chi connectivity index (χ0v) is 11.8. The Balaban J connectivity index is 2.60. The van der Waals surface area contributed by atoms with Crippen molar-refractivity contribution in [1.29, 1.82) is 0 Å². The molecule has 1 aliphatic carbocycles. The number of ether oxygens (including phenoxy) is 2. The number of carbonyl (C=O) groups is 2. The Labute approximate surface area is 117 Å². The van der Waals surface area contributed by atoms with Crippen LogP contribution in [0.25, 0.3) is 0 Å². The van der Waals surface area contributed by atoms with Crippen molar-refractivity contribution in [3.63, 3.8) is 0 Å². The standard InChI is InChI=1S/C14H20F2O4/c1-4-14(20-12(17)9(2)3)6-5-10(7-14)13(18)19-8-11(15)16/h10-11H,2,4-8H2,1,3H3. The van der Waals surface area contributed by atoms with Gasteiger partial charge in [-0.1, -0.05) is 13.5 Å². The molecule has 20 heavy (non-hydrogen) atoms. The highest BCUT2D eigenvalue weighted by Crippen LogP contribution is 2.40. The average molecular weight is 290 g/mol. The Morgan fingerprint density at radius 1 is 1.45 bits per heavy atom. The molecule has 0 heterocycles. The van der Waals surface area contributed by atoms with Gasteiger partial charge in [0.15, 0.2) is 6.61 Å². The molecule has 0 amide bonds. The van der Waals surface area contributed by atoms with E-state index in [1.165, 1.54) is 0 Å². The fourth-order valence-electron chi connectivity index (χ4n) is 2.32. The first-order chi connectivity index (χ1) is 9.29. The number of esters is 2. The lowest BCUT2D eigenvalue weighted by Gasteiger charge is -2.28. The first-order valence-corrected chi connectivity index (χ1v) is 6.63. The lowest BCUT2D eigenvalue weighted by Crippen LogP contribution is -2.33. The Hall–Kier alpha value is -1.46. The van der Waals surface area contributed by atoms with E-state index < -0.39 is 36.5 Å². The smallest absolute Gasteiger partial charge is 0.333 e. The maximum absolute atomic E-state index is 12.0. The molecule has 0 aromatic heterocycles. The molecule has 0 aromatic carbocycles. The van der Waals surface area contributed by atoms with Crippen LogP contribution in [0.3, 0.4) is 0 Å². The summed E-state index contributed by atoms with van der Waals surface area (Å²) in [5.41, 5.74) is -0.425. The number of halogens is 2. The minimum Gasteiger partial charge on any atom is -0.459 e. The van der Waals surface area contributed by atoms with Crippen LogP contribution in [-0.2, 0) is 19.1 Å². The minimum absolute atomic E-state index is 0.293. The van der Waals surface area contributed by atoms with E-state index in [2.05, 4.69) is 11.3 Å². The summed E-state index contributed by atoms with van der Waals surface area (Å²) < 4.78 is 34.0. The number of carbonyl (C=O) groups excluding carboxylic acids is 2. The first kappa shape index (κ1) is 16.6. The Morgan fingerprint density at radius 3 is 2.60 bits per heavy atom. The maximum atomic E-state index is 12.0. The molecule has 0 aromatic rings. The second-order valence-electron chi connectivity index (χ2n) is 5.17. The summed E-state index contributed by atoms with van der Waals surface area (Å²) in [6.07, 6.45) is -0.802. The third kappa shape index (κ3) is 4.28. The van der Waals surface area contributed by atoms with Crippen LogP contribution in [0.15, 0.2) is 12.2 Å². The van der Waals surface area contributed by atoms with E-state index >= 15 is 0 Å². The molecule has 0 saturated heterocycles. The third-order valence-electron chi connectivity index (χ3n) is 3.55. The van der Waals surface area contributed by atoms with Gasteiger partial charge in [0.05, 0.1) is 5.92 Å². The summed E-state index contributed by atoms with van der Waals surface area (Å²) >= 11 is 0. The fraction of sp³-hybridized carbons (Fsp3) is 0.714. The van der Waals surface area contributed by atoms with Gasteiger partial charge in [-0.05, 0) is 26.2 Å². The highest BCUT2D eigenvalue weighted by atomic mass is 19.3. The van der Waals surface area contributed by atoms with Gasteiger partial charge in [-0.15, -0.1) is 0 Å². The van der Waals surface area contributed by atoms with Gasteiger partial charge in [0, 0.05) is 12.0 Å². The summed E-state index contributed by atoms with van der Waals surface area (Å²) in [5.74, 6) is -1.63. The van der Waals surface area contributed by atoms with E-state index in [9.17, 15) is 18.4 Å². The summed E-state index contributed by atoms with van der Waals surface area (Å²) in [4.78, 5) is 23.3. The van der Waals surface area contributed by atoms with Crippen molar-refractivity contribution in [3.8, 4) is 0 Å². The largest absolute Gasteiger partial charge is 0.459 e. The van der Waals surface area contributed by atoms with E-state index in [0.717, 1.165) is 0 Å². The number of hydrogen-bond donors (Lipinski definition) is 0. The van der Waals surface area contributed by atoms with Crippen LogP contribution in [0.2, 0.25) is 0 Å². The summed E-state index contributed by atoms with van der Waals surface area (Å²) in [6.45, 7) is 6.04. The molecule has 0 bridgehead atoms. The van der Waals surface area contributed by atoms with Crippen LogP contribution in [-0.4, -0.2) is 30.6 Å². The van der Waals surface area contributed by atoms with Crippen LogP contribution in [0.4, 0.5) is 8.78 Å². The van der Waals surface area contributed by atoms with Crippen LogP contribution in [0.1, 0.15) is 39.5 Å². The molecule has 4 nitrogen and oxygen atoms in total. The van der Waals surface area contributed by atoms with Gasteiger partial charge < -0.3 is 9.47 Å². The Morgan fingerprint density at radius 2 is 2.10 bits per heavy atom. The molecule has 6 heteroatoms. The van der Waals surface area contributed by atoms with Gasteiger partial charge in [-0.2, -0.15) is 0 Å². The normalized spacial score (nSPS) is 25.6. The van der Waals surface area contributed by atoms with Crippen molar-refractivity contribution in [2.45, 2.75) is 51.6 Å².